The molecule has 3 aromatic rings. The molecule has 5 nitrogen and oxygen atoms in total. The van der Waals surface area contributed by atoms with Crippen molar-refractivity contribution in [1.82, 2.24) is 5.32 Å². The number of halogens is 1. The van der Waals surface area contributed by atoms with Crippen LogP contribution < -0.4 is 10.6 Å². The van der Waals surface area contributed by atoms with E-state index < -0.39 is 17.9 Å². The molecule has 0 aliphatic carbocycles. The van der Waals surface area contributed by atoms with Crippen LogP contribution in [0.3, 0.4) is 0 Å². The van der Waals surface area contributed by atoms with Gasteiger partial charge in [-0.3, -0.25) is 9.59 Å². The molecule has 0 fully saturated rings. The van der Waals surface area contributed by atoms with E-state index in [-0.39, 0.29) is 6.54 Å². The van der Waals surface area contributed by atoms with Crippen LogP contribution in [-0.4, -0.2) is 23.5 Å². The third kappa shape index (κ3) is 4.78. The molecular weight excluding hydrogens is 396 g/mol. The van der Waals surface area contributed by atoms with E-state index in [0.29, 0.717) is 21.8 Å². The smallest absolute Gasteiger partial charge is 0.313 e. The average molecular weight is 415 g/mol. The van der Waals surface area contributed by atoms with E-state index >= 15 is 0 Å². The number of hydrogen-bond donors (Lipinski definition) is 3. The molecule has 0 bridgehead atoms. The molecule has 3 rings (SSSR count). The fourth-order valence-electron chi connectivity index (χ4n) is 2.64. The maximum Gasteiger partial charge on any atom is 0.313 e. The number of rotatable bonds is 5. The number of aliphatic hydroxyl groups excluding tert-OH is 1. The molecule has 144 valence electrons. The Morgan fingerprint density at radius 3 is 2.50 bits per heavy atom. The summed E-state index contributed by atoms with van der Waals surface area (Å²) in [6.07, 6.45) is -0.916. The highest BCUT2D eigenvalue weighted by molar-refractivity contribution is 7.08. The summed E-state index contributed by atoms with van der Waals surface area (Å²) in [5, 5.41) is 19.8. The van der Waals surface area contributed by atoms with Crippen LogP contribution >= 0.6 is 22.9 Å². The van der Waals surface area contributed by atoms with Gasteiger partial charge in [0.15, 0.2) is 0 Å². The minimum absolute atomic E-state index is 0.0709. The lowest BCUT2D eigenvalue weighted by Crippen LogP contribution is -2.37. The monoisotopic (exact) mass is 414 g/mol. The van der Waals surface area contributed by atoms with Crippen LogP contribution in [-0.2, 0) is 9.59 Å². The molecule has 2 amide bonds. The molecule has 1 atom stereocenters. The van der Waals surface area contributed by atoms with Gasteiger partial charge in [0.2, 0.25) is 0 Å². The third-order valence-corrected chi connectivity index (χ3v) is 5.42. The van der Waals surface area contributed by atoms with Crippen molar-refractivity contribution in [2.24, 2.45) is 0 Å². The first-order valence-corrected chi connectivity index (χ1v) is 9.92. The van der Waals surface area contributed by atoms with Crippen molar-refractivity contribution in [1.29, 1.82) is 0 Å². The van der Waals surface area contributed by atoms with Crippen molar-refractivity contribution in [3.8, 4) is 11.1 Å². The first-order chi connectivity index (χ1) is 13.5. The highest BCUT2D eigenvalue weighted by Crippen LogP contribution is 2.24. The summed E-state index contributed by atoms with van der Waals surface area (Å²) < 4.78 is 0. The van der Waals surface area contributed by atoms with E-state index in [1.165, 1.54) is 0 Å². The Bertz CT molecular complexity index is 972. The van der Waals surface area contributed by atoms with Crippen LogP contribution in [0, 0.1) is 6.92 Å². The molecular formula is C21H19ClN2O3S. The van der Waals surface area contributed by atoms with E-state index in [9.17, 15) is 14.7 Å². The third-order valence-electron chi connectivity index (χ3n) is 4.33. The molecule has 28 heavy (non-hydrogen) atoms. The zero-order chi connectivity index (χ0) is 20.1. The van der Waals surface area contributed by atoms with Gasteiger partial charge in [0.25, 0.3) is 0 Å². The zero-order valence-electron chi connectivity index (χ0n) is 15.1. The highest BCUT2D eigenvalue weighted by atomic mass is 35.5. The molecule has 0 saturated heterocycles. The Kier molecular flexibility index (Phi) is 6.46. The van der Waals surface area contributed by atoms with Crippen molar-refractivity contribution >= 4 is 40.4 Å². The molecule has 0 unspecified atom stereocenters. The minimum atomic E-state index is -0.916. The van der Waals surface area contributed by atoms with Gasteiger partial charge in [-0.1, -0.05) is 41.9 Å². The maximum absolute atomic E-state index is 12.1. The maximum atomic E-state index is 12.1. The van der Waals surface area contributed by atoms with Crippen molar-refractivity contribution in [2.75, 3.05) is 11.9 Å². The Morgan fingerprint density at radius 2 is 1.82 bits per heavy atom. The summed E-state index contributed by atoms with van der Waals surface area (Å²) in [5.74, 6) is -1.64. The van der Waals surface area contributed by atoms with Crippen LogP contribution in [0.25, 0.3) is 11.1 Å². The Morgan fingerprint density at radius 1 is 1.07 bits per heavy atom. The van der Waals surface area contributed by atoms with Crippen LogP contribution in [0.1, 0.15) is 17.2 Å². The minimum Gasteiger partial charge on any atom is -0.387 e. The second kappa shape index (κ2) is 9.01. The quantitative estimate of drug-likeness (QED) is 0.548. The zero-order valence-corrected chi connectivity index (χ0v) is 16.7. The van der Waals surface area contributed by atoms with E-state index in [2.05, 4.69) is 10.6 Å². The van der Waals surface area contributed by atoms with Crippen molar-refractivity contribution < 1.29 is 14.7 Å². The van der Waals surface area contributed by atoms with E-state index in [1.54, 1.807) is 48.6 Å². The highest BCUT2D eigenvalue weighted by Gasteiger charge is 2.17. The number of benzene rings is 2. The number of aliphatic hydroxyl groups is 1. The predicted molar refractivity (Wildman–Crippen MR) is 113 cm³/mol. The molecule has 1 aromatic heterocycles. The van der Waals surface area contributed by atoms with Crippen molar-refractivity contribution in [3.63, 3.8) is 0 Å². The van der Waals surface area contributed by atoms with Gasteiger partial charge in [0, 0.05) is 17.3 Å². The van der Waals surface area contributed by atoms with Crippen LogP contribution in [0.5, 0.6) is 0 Å². The average Bonchev–Trinajstić information content (AvgIpc) is 3.24. The molecule has 1 heterocycles. The summed E-state index contributed by atoms with van der Waals surface area (Å²) >= 11 is 7.63. The van der Waals surface area contributed by atoms with Gasteiger partial charge < -0.3 is 15.7 Å². The van der Waals surface area contributed by atoms with Gasteiger partial charge in [-0.05, 0) is 58.1 Å². The first-order valence-electron chi connectivity index (χ1n) is 8.60. The van der Waals surface area contributed by atoms with E-state index in [1.807, 2.05) is 29.0 Å². The molecule has 0 radical (unpaired) electrons. The number of nitrogens with one attached hydrogen (secondary N) is 2. The fraction of sp³-hybridized carbons (Fsp3) is 0.143. The van der Waals surface area contributed by atoms with Gasteiger partial charge in [-0.15, -0.1) is 0 Å². The Labute approximate surface area is 172 Å². The molecule has 0 spiro atoms. The standard InChI is InChI=1S/C21H19ClN2O3S/c1-13-17(22)3-2-4-18(13)24-21(27)20(26)23-11-19(25)15-7-5-14(6-8-15)16-9-10-28-12-16/h2-10,12,19,25H,11H2,1H3,(H,23,26)(H,24,27)/t19-/m1/s1. The molecule has 3 N–H and O–H groups in total. The number of carbonyl (C=O) groups is 2. The van der Waals surface area contributed by atoms with Gasteiger partial charge in [0.05, 0.1) is 6.10 Å². The molecule has 0 saturated carbocycles. The summed E-state index contributed by atoms with van der Waals surface area (Å²) in [5.41, 5.74) is 3.98. The fourth-order valence-corrected chi connectivity index (χ4v) is 3.48. The summed E-state index contributed by atoms with van der Waals surface area (Å²) in [6, 6.07) is 14.5. The lowest BCUT2D eigenvalue weighted by atomic mass is 10.0. The second-order valence-electron chi connectivity index (χ2n) is 6.23. The Balaban J connectivity index is 1.55. The lowest BCUT2D eigenvalue weighted by Gasteiger charge is -2.13. The summed E-state index contributed by atoms with van der Waals surface area (Å²) in [6.45, 7) is 1.68. The first kappa shape index (κ1) is 20.1. The summed E-state index contributed by atoms with van der Waals surface area (Å²) in [7, 11) is 0. The number of anilines is 1. The van der Waals surface area contributed by atoms with Gasteiger partial charge >= 0.3 is 11.8 Å². The van der Waals surface area contributed by atoms with E-state index in [0.717, 1.165) is 11.1 Å². The topological polar surface area (TPSA) is 78.4 Å². The normalized spacial score (nSPS) is 11.7. The number of hydrogen-bond acceptors (Lipinski definition) is 4. The Hall–Kier alpha value is -2.67. The number of thiophene rings is 1. The van der Waals surface area contributed by atoms with Crippen LogP contribution in [0.15, 0.2) is 59.3 Å². The van der Waals surface area contributed by atoms with Gasteiger partial charge in [0.1, 0.15) is 0 Å². The number of amides is 2. The largest absolute Gasteiger partial charge is 0.387 e. The second-order valence-corrected chi connectivity index (χ2v) is 7.41. The number of carbonyl (C=O) groups excluding carboxylic acids is 2. The lowest BCUT2D eigenvalue weighted by molar-refractivity contribution is -0.136. The van der Waals surface area contributed by atoms with E-state index in [4.69, 9.17) is 11.6 Å². The molecule has 0 aliphatic rings. The van der Waals surface area contributed by atoms with Crippen molar-refractivity contribution in [3.05, 3.63) is 75.4 Å². The van der Waals surface area contributed by atoms with Gasteiger partial charge in [-0.25, -0.2) is 0 Å². The SMILES string of the molecule is Cc1c(Cl)cccc1NC(=O)C(=O)NC[C@@H](O)c1ccc(-c2ccsc2)cc1. The van der Waals surface area contributed by atoms with Gasteiger partial charge in [-0.2, -0.15) is 11.3 Å². The predicted octanol–water partition coefficient (Wildman–Crippen LogP) is 4.17. The van der Waals surface area contributed by atoms with Crippen LogP contribution in [0.2, 0.25) is 5.02 Å². The summed E-state index contributed by atoms with van der Waals surface area (Å²) in [4.78, 5) is 24.1. The van der Waals surface area contributed by atoms with Crippen molar-refractivity contribution in [2.45, 2.75) is 13.0 Å². The van der Waals surface area contributed by atoms with Crippen LogP contribution in [0.4, 0.5) is 5.69 Å². The molecule has 2 aromatic carbocycles. The molecule has 7 heteroatoms. The molecule has 0 aliphatic heterocycles.